The van der Waals surface area contributed by atoms with Crippen molar-refractivity contribution in [3.8, 4) is 0 Å². The van der Waals surface area contributed by atoms with Gasteiger partial charge in [0.15, 0.2) is 0 Å². The first-order valence-electron chi connectivity index (χ1n) is 6.95. The van der Waals surface area contributed by atoms with Crippen LogP contribution in [0.15, 0.2) is 29.2 Å². The van der Waals surface area contributed by atoms with Gasteiger partial charge in [0, 0.05) is 17.5 Å². The highest BCUT2D eigenvalue weighted by atomic mass is 127. The average molecular weight is 407 g/mol. The summed E-state index contributed by atoms with van der Waals surface area (Å²) in [7, 11) is -3.34. The van der Waals surface area contributed by atoms with Gasteiger partial charge in [0.25, 0.3) is 0 Å². The second-order valence-electron chi connectivity index (χ2n) is 6.05. The summed E-state index contributed by atoms with van der Waals surface area (Å²) in [5.41, 5.74) is 1.20. The summed E-state index contributed by atoms with van der Waals surface area (Å²) in [5, 5.41) is 0. The number of benzene rings is 1. The van der Waals surface area contributed by atoms with Gasteiger partial charge < -0.3 is 0 Å². The summed E-state index contributed by atoms with van der Waals surface area (Å²) < 4.78 is 28.1. The van der Waals surface area contributed by atoms with Crippen molar-refractivity contribution in [3.05, 3.63) is 29.8 Å². The Morgan fingerprint density at radius 1 is 1.30 bits per heavy atom. The lowest BCUT2D eigenvalue weighted by Gasteiger charge is -2.31. The van der Waals surface area contributed by atoms with Crippen LogP contribution in [0.3, 0.4) is 0 Å². The summed E-state index contributed by atoms with van der Waals surface area (Å²) in [5.74, 6) is 0.498. The number of halogens is 1. The lowest BCUT2D eigenvalue weighted by Crippen LogP contribution is -2.36. The van der Waals surface area contributed by atoms with Crippen molar-refractivity contribution in [2.24, 2.45) is 11.3 Å². The predicted octanol–water partition coefficient (Wildman–Crippen LogP) is 3.47. The second kappa shape index (κ2) is 5.93. The molecule has 0 saturated carbocycles. The monoisotopic (exact) mass is 407 g/mol. The lowest BCUT2D eigenvalue weighted by molar-refractivity contribution is 0.248. The minimum absolute atomic E-state index is 0.123. The minimum atomic E-state index is -3.34. The third-order valence-electron chi connectivity index (χ3n) is 4.50. The Hall–Kier alpha value is -0.140. The minimum Gasteiger partial charge on any atom is -0.207 e. The molecule has 1 unspecified atom stereocenters. The highest BCUT2D eigenvalue weighted by molar-refractivity contribution is 14.1. The Morgan fingerprint density at radius 3 is 2.35 bits per heavy atom. The maximum atomic E-state index is 12.7. The molecule has 1 heterocycles. The smallest absolute Gasteiger partial charge is 0.207 e. The Morgan fingerprint density at radius 2 is 1.90 bits per heavy atom. The van der Waals surface area contributed by atoms with Gasteiger partial charge in [-0.15, -0.1) is 0 Å². The van der Waals surface area contributed by atoms with E-state index < -0.39 is 10.0 Å². The fourth-order valence-corrected chi connectivity index (χ4v) is 5.70. The first-order valence-corrected chi connectivity index (χ1v) is 9.91. The molecule has 112 valence electrons. The van der Waals surface area contributed by atoms with E-state index in [0.29, 0.717) is 23.9 Å². The summed E-state index contributed by atoms with van der Waals surface area (Å²) >= 11 is 2.39. The molecule has 1 fully saturated rings. The van der Waals surface area contributed by atoms with Crippen LogP contribution < -0.4 is 0 Å². The van der Waals surface area contributed by atoms with Crippen LogP contribution in [0.1, 0.15) is 25.8 Å². The van der Waals surface area contributed by atoms with Crippen LogP contribution in [0.2, 0.25) is 0 Å². The standard InChI is InChI=1S/C15H22INO2S/c1-12(2)15(10-16)8-9-17(11-15)20(18,19)14-6-4-13(3)5-7-14/h4-7,12H,8-11H2,1-3H3. The molecule has 1 saturated heterocycles. The highest BCUT2D eigenvalue weighted by Crippen LogP contribution is 2.41. The molecule has 0 aliphatic carbocycles. The molecule has 0 amide bonds. The first-order chi connectivity index (χ1) is 9.32. The van der Waals surface area contributed by atoms with Gasteiger partial charge in [-0.05, 0) is 36.8 Å². The Labute approximate surface area is 135 Å². The highest BCUT2D eigenvalue weighted by Gasteiger charge is 2.44. The summed E-state index contributed by atoms with van der Waals surface area (Å²) in [4.78, 5) is 0.413. The largest absolute Gasteiger partial charge is 0.243 e. The van der Waals surface area contributed by atoms with Crippen LogP contribution in [-0.4, -0.2) is 30.2 Å². The summed E-state index contributed by atoms with van der Waals surface area (Å²) in [6.45, 7) is 7.63. The van der Waals surface area contributed by atoms with Crippen molar-refractivity contribution in [1.82, 2.24) is 4.31 Å². The number of hydrogen-bond donors (Lipinski definition) is 0. The van der Waals surface area contributed by atoms with Crippen molar-refractivity contribution in [1.29, 1.82) is 0 Å². The van der Waals surface area contributed by atoms with Gasteiger partial charge in [-0.1, -0.05) is 54.1 Å². The molecule has 3 nitrogen and oxygen atoms in total. The molecule has 0 N–H and O–H groups in total. The molecule has 0 bridgehead atoms. The van der Waals surface area contributed by atoms with Crippen LogP contribution in [-0.2, 0) is 10.0 Å². The number of aryl methyl sites for hydroxylation is 1. The molecule has 1 aliphatic heterocycles. The predicted molar refractivity (Wildman–Crippen MR) is 90.7 cm³/mol. The molecule has 1 aromatic rings. The van der Waals surface area contributed by atoms with E-state index >= 15 is 0 Å². The maximum absolute atomic E-state index is 12.7. The maximum Gasteiger partial charge on any atom is 0.243 e. The molecule has 0 radical (unpaired) electrons. The van der Waals surface area contributed by atoms with Crippen LogP contribution in [0.5, 0.6) is 0 Å². The Bertz CT molecular complexity index is 568. The van der Waals surface area contributed by atoms with Crippen LogP contribution in [0, 0.1) is 18.3 Å². The van der Waals surface area contributed by atoms with E-state index in [2.05, 4.69) is 36.4 Å². The van der Waals surface area contributed by atoms with E-state index in [1.165, 1.54) is 0 Å². The van der Waals surface area contributed by atoms with Crippen LogP contribution in [0.25, 0.3) is 0 Å². The van der Waals surface area contributed by atoms with Crippen molar-refractivity contribution < 1.29 is 8.42 Å². The third-order valence-corrected chi connectivity index (χ3v) is 7.88. The molecular formula is C15H22INO2S. The zero-order chi connectivity index (χ0) is 15.0. The molecule has 5 heteroatoms. The average Bonchev–Trinajstić information content (AvgIpc) is 2.85. The van der Waals surface area contributed by atoms with Crippen molar-refractivity contribution >= 4 is 32.6 Å². The van der Waals surface area contributed by atoms with E-state index in [-0.39, 0.29) is 5.41 Å². The molecule has 1 aliphatic rings. The van der Waals surface area contributed by atoms with E-state index in [9.17, 15) is 8.42 Å². The molecule has 0 aromatic heterocycles. The third kappa shape index (κ3) is 2.90. The molecule has 2 rings (SSSR count). The second-order valence-corrected chi connectivity index (χ2v) is 8.75. The van der Waals surface area contributed by atoms with E-state index in [4.69, 9.17) is 0 Å². The summed E-state index contributed by atoms with van der Waals surface area (Å²) in [6, 6.07) is 7.14. The Balaban J connectivity index is 2.27. The fraction of sp³-hybridized carbons (Fsp3) is 0.600. The first kappa shape index (κ1) is 16.2. The van der Waals surface area contributed by atoms with E-state index in [1.807, 2.05) is 19.1 Å². The Kier molecular flexibility index (Phi) is 4.81. The van der Waals surface area contributed by atoms with Gasteiger partial charge in [0.2, 0.25) is 10.0 Å². The normalized spacial score (nSPS) is 24.4. The van der Waals surface area contributed by atoms with E-state index in [1.54, 1.807) is 16.4 Å². The molecule has 1 atom stereocenters. The quantitative estimate of drug-likeness (QED) is 0.566. The van der Waals surface area contributed by atoms with Gasteiger partial charge in [0.05, 0.1) is 4.90 Å². The fourth-order valence-electron chi connectivity index (χ4n) is 2.66. The topological polar surface area (TPSA) is 37.4 Å². The van der Waals surface area contributed by atoms with Crippen molar-refractivity contribution in [2.75, 3.05) is 17.5 Å². The number of hydrogen-bond acceptors (Lipinski definition) is 2. The SMILES string of the molecule is Cc1ccc(S(=O)(=O)N2CCC(CI)(C(C)C)C2)cc1. The lowest BCUT2D eigenvalue weighted by atomic mass is 9.79. The molecule has 20 heavy (non-hydrogen) atoms. The van der Waals surface area contributed by atoms with Crippen molar-refractivity contribution in [3.63, 3.8) is 0 Å². The number of nitrogens with zero attached hydrogens (tertiary/aromatic N) is 1. The van der Waals surface area contributed by atoms with Crippen LogP contribution in [0.4, 0.5) is 0 Å². The van der Waals surface area contributed by atoms with E-state index in [0.717, 1.165) is 16.4 Å². The van der Waals surface area contributed by atoms with Crippen LogP contribution >= 0.6 is 22.6 Å². The van der Waals surface area contributed by atoms with Gasteiger partial charge in [-0.3, -0.25) is 0 Å². The number of rotatable bonds is 4. The van der Waals surface area contributed by atoms with Gasteiger partial charge in [0.1, 0.15) is 0 Å². The van der Waals surface area contributed by atoms with Gasteiger partial charge in [-0.2, -0.15) is 4.31 Å². The molecule has 0 spiro atoms. The zero-order valence-electron chi connectivity index (χ0n) is 12.3. The molecular weight excluding hydrogens is 385 g/mol. The zero-order valence-corrected chi connectivity index (χ0v) is 15.2. The molecule has 1 aromatic carbocycles. The summed E-state index contributed by atoms with van der Waals surface area (Å²) in [6.07, 6.45) is 0.957. The van der Waals surface area contributed by atoms with Crippen molar-refractivity contribution in [2.45, 2.75) is 32.1 Å². The number of alkyl halides is 1. The van der Waals surface area contributed by atoms with Gasteiger partial charge in [-0.25, -0.2) is 8.42 Å². The van der Waals surface area contributed by atoms with Gasteiger partial charge >= 0.3 is 0 Å². The number of sulfonamides is 1.